The average molecular weight is 491 g/mol. The van der Waals surface area contributed by atoms with Crippen LogP contribution in [0.2, 0.25) is 0 Å². The molecule has 3 rings (SSSR count). The summed E-state index contributed by atoms with van der Waals surface area (Å²) < 4.78 is 15.6. The summed E-state index contributed by atoms with van der Waals surface area (Å²) in [6.07, 6.45) is 0. The van der Waals surface area contributed by atoms with E-state index in [4.69, 9.17) is 19.5 Å². The number of rotatable bonds is 10. The molecule has 3 aromatic rings. The highest BCUT2D eigenvalue weighted by Gasteiger charge is 2.19. The maximum atomic E-state index is 12.7. The molecule has 0 bridgehead atoms. The minimum absolute atomic E-state index is 0.0308. The van der Waals surface area contributed by atoms with Crippen molar-refractivity contribution in [2.45, 2.75) is 4.90 Å². The number of hydrogen-bond donors (Lipinski definition) is 1. The molecule has 8 nitrogen and oxygen atoms in total. The molecule has 0 atom stereocenters. The van der Waals surface area contributed by atoms with Crippen molar-refractivity contribution in [3.63, 3.8) is 0 Å². The Morgan fingerprint density at radius 1 is 0.943 bits per heavy atom. The number of ketones is 1. The van der Waals surface area contributed by atoms with E-state index in [1.807, 2.05) is 6.07 Å². The Morgan fingerprint density at radius 2 is 1.74 bits per heavy atom. The van der Waals surface area contributed by atoms with E-state index in [0.717, 1.165) is 11.8 Å². The second kappa shape index (κ2) is 12.3. The molecule has 3 aromatic carbocycles. The van der Waals surface area contributed by atoms with Crippen LogP contribution < -0.4 is 14.8 Å². The molecule has 0 unspecified atom stereocenters. The Bertz CT molecular complexity index is 1280. The van der Waals surface area contributed by atoms with Crippen LogP contribution in [-0.2, 0) is 9.53 Å². The van der Waals surface area contributed by atoms with Crippen LogP contribution in [-0.4, -0.2) is 44.2 Å². The van der Waals surface area contributed by atoms with Gasteiger partial charge in [0.2, 0.25) is 11.7 Å². The molecule has 0 radical (unpaired) electrons. The van der Waals surface area contributed by atoms with Crippen LogP contribution in [0.5, 0.6) is 11.5 Å². The fourth-order valence-corrected chi connectivity index (χ4v) is 3.92. The first-order valence-corrected chi connectivity index (χ1v) is 11.4. The number of nitrogens with zero attached hydrogens (tertiary/aromatic N) is 1. The maximum absolute atomic E-state index is 12.7. The molecule has 0 saturated heterocycles. The Labute approximate surface area is 206 Å². The second-order valence-electron chi connectivity index (χ2n) is 7.09. The van der Waals surface area contributed by atoms with Gasteiger partial charge in [0.25, 0.3) is 0 Å². The molecule has 0 aliphatic rings. The third-order valence-electron chi connectivity index (χ3n) is 4.78. The van der Waals surface area contributed by atoms with Gasteiger partial charge >= 0.3 is 5.97 Å². The third-order valence-corrected chi connectivity index (χ3v) is 5.86. The van der Waals surface area contributed by atoms with E-state index in [1.54, 1.807) is 66.7 Å². The van der Waals surface area contributed by atoms with Crippen LogP contribution in [0.25, 0.3) is 0 Å². The van der Waals surface area contributed by atoms with Gasteiger partial charge in [-0.1, -0.05) is 18.2 Å². The number of esters is 1. The molecule has 0 spiro atoms. The summed E-state index contributed by atoms with van der Waals surface area (Å²) in [6, 6.07) is 20.0. The molecule has 0 fully saturated rings. The lowest BCUT2D eigenvalue weighted by Gasteiger charge is -2.11. The van der Waals surface area contributed by atoms with Gasteiger partial charge in [-0.15, -0.1) is 11.8 Å². The van der Waals surface area contributed by atoms with E-state index in [9.17, 15) is 14.4 Å². The molecule has 9 heteroatoms. The number of thioether (sulfide) groups is 1. The Morgan fingerprint density at radius 3 is 2.49 bits per heavy atom. The summed E-state index contributed by atoms with van der Waals surface area (Å²) >= 11 is 1.16. The third kappa shape index (κ3) is 6.85. The predicted molar refractivity (Wildman–Crippen MR) is 131 cm³/mol. The first kappa shape index (κ1) is 25.3. The molecular weight excluding hydrogens is 468 g/mol. The quantitative estimate of drug-likeness (QED) is 0.253. The molecule has 1 N–H and O–H groups in total. The molecular formula is C26H22N2O6S. The van der Waals surface area contributed by atoms with Gasteiger partial charge in [-0.05, 0) is 42.5 Å². The van der Waals surface area contributed by atoms with Crippen LogP contribution in [0.4, 0.5) is 5.69 Å². The fraction of sp³-hybridized carbons (Fsp3) is 0.154. The second-order valence-corrected chi connectivity index (χ2v) is 8.11. The lowest BCUT2D eigenvalue weighted by Crippen LogP contribution is -2.16. The minimum Gasteiger partial charge on any atom is -0.497 e. The van der Waals surface area contributed by atoms with E-state index >= 15 is 0 Å². The summed E-state index contributed by atoms with van der Waals surface area (Å²) in [6.45, 7) is -0.476. The van der Waals surface area contributed by atoms with Crippen LogP contribution in [0, 0.1) is 11.3 Å². The SMILES string of the molecule is COc1ccc(C(=O)COC(=O)c2ccccc2SCC(=O)Nc2cccc(C#N)c2)c(OC)c1. The Kier molecular flexibility index (Phi) is 8.87. The number of nitrogens with one attached hydrogen (secondary N) is 1. The number of amides is 1. The summed E-state index contributed by atoms with van der Waals surface area (Å²) in [7, 11) is 2.94. The van der Waals surface area contributed by atoms with E-state index in [0.29, 0.717) is 27.6 Å². The number of Topliss-reactive ketones (excluding diaryl/α,β-unsaturated/α-hetero) is 1. The van der Waals surface area contributed by atoms with E-state index < -0.39 is 18.4 Å². The van der Waals surface area contributed by atoms with Crippen molar-refractivity contribution in [2.75, 3.05) is 31.9 Å². The Balaban J connectivity index is 1.61. The van der Waals surface area contributed by atoms with Crippen LogP contribution in [0.15, 0.2) is 71.6 Å². The van der Waals surface area contributed by atoms with Crippen LogP contribution in [0.3, 0.4) is 0 Å². The summed E-state index contributed by atoms with van der Waals surface area (Å²) in [4.78, 5) is 38.2. The minimum atomic E-state index is -0.684. The summed E-state index contributed by atoms with van der Waals surface area (Å²) in [5, 5.41) is 11.7. The number of nitriles is 1. The predicted octanol–water partition coefficient (Wildman–Crippen LogP) is 4.35. The van der Waals surface area contributed by atoms with Crippen LogP contribution in [0.1, 0.15) is 26.3 Å². The molecule has 0 aliphatic carbocycles. The number of carbonyl (C=O) groups is 3. The van der Waals surface area contributed by atoms with E-state index in [1.165, 1.54) is 14.2 Å². The topological polar surface area (TPSA) is 115 Å². The zero-order valence-corrected chi connectivity index (χ0v) is 19.9. The maximum Gasteiger partial charge on any atom is 0.339 e. The largest absolute Gasteiger partial charge is 0.497 e. The van der Waals surface area contributed by atoms with Crippen LogP contribution >= 0.6 is 11.8 Å². The first-order valence-electron chi connectivity index (χ1n) is 10.4. The molecule has 1 amide bonds. The van der Waals surface area contributed by atoms with Gasteiger partial charge in [-0.2, -0.15) is 5.26 Å². The van der Waals surface area contributed by atoms with Crippen molar-refractivity contribution >= 4 is 35.1 Å². The van der Waals surface area contributed by atoms with Gasteiger partial charge in [0, 0.05) is 16.6 Å². The number of ether oxygens (including phenoxy) is 3. The highest BCUT2D eigenvalue weighted by atomic mass is 32.2. The summed E-state index contributed by atoms with van der Waals surface area (Å²) in [5.41, 5.74) is 1.45. The smallest absolute Gasteiger partial charge is 0.339 e. The van der Waals surface area contributed by atoms with Crippen molar-refractivity contribution in [1.82, 2.24) is 0 Å². The number of benzene rings is 3. The lowest BCUT2D eigenvalue weighted by molar-refractivity contribution is -0.113. The van der Waals surface area contributed by atoms with Crippen molar-refractivity contribution in [3.8, 4) is 17.6 Å². The molecule has 0 aromatic heterocycles. The average Bonchev–Trinajstić information content (AvgIpc) is 2.90. The van der Waals surface area contributed by atoms with Gasteiger partial charge in [-0.3, -0.25) is 9.59 Å². The van der Waals surface area contributed by atoms with E-state index in [2.05, 4.69) is 5.32 Å². The van der Waals surface area contributed by atoms with Gasteiger partial charge in [0.05, 0.1) is 42.7 Å². The zero-order chi connectivity index (χ0) is 25.2. The number of hydrogen-bond acceptors (Lipinski definition) is 8. The molecule has 0 saturated carbocycles. The molecule has 0 aliphatic heterocycles. The molecule has 0 heterocycles. The van der Waals surface area contributed by atoms with Gasteiger partial charge in [-0.25, -0.2) is 4.79 Å². The fourth-order valence-electron chi connectivity index (χ4n) is 3.08. The zero-order valence-electron chi connectivity index (χ0n) is 19.1. The number of anilines is 1. The first-order chi connectivity index (χ1) is 16.9. The highest BCUT2D eigenvalue weighted by Crippen LogP contribution is 2.26. The summed E-state index contributed by atoms with van der Waals surface area (Å²) in [5.74, 6) is -0.535. The van der Waals surface area contributed by atoms with Crippen molar-refractivity contribution in [1.29, 1.82) is 5.26 Å². The van der Waals surface area contributed by atoms with Gasteiger partial charge < -0.3 is 19.5 Å². The number of carbonyl (C=O) groups excluding carboxylic acids is 3. The van der Waals surface area contributed by atoms with Crippen molar-refractivity contribution in [2.24, 2.45) is 0 Å². The molecule has 35 heavy (non-hydrogen) atoms. The Hall–Kier alpha value is -4.29. The normalized spacial score (nSPS) is 10.1. The van der Waals surface area contributed by atoms with Crippen molar-refractivity contribution in [3.05, 3.63) is 83.4 Å². The number of methoxy groups -OCH3 is 2. The van der Waals surface area contributed by atoms with E-state index in [-0.39, 0.29) is 22.8 Å². The monoisotopic (exact) mass is 490 g/mol. The standard InChI is InChI=1S/C26H22N2O6S/c1-32-19-10-11-20(23(13-19)33-2)22(29)15-34-26(31)21-8-3-4-9-24(21)35-16-25(30)28-18-7-5-6-17(12-18)14-27/h3-13H,15-16H2,1-2H3,(H,28,30). The molecule has 178 valence electrons. The highest BCUT2D eigenvalue weighted by molar-refractivity contribution is 8.00. The van der Waals surface area contributed by atoms with Gasteiger partial charge in [0.1, 0.15) is 11.5 Å². The van der Waals surface area contributed by atoms with Gasteiger partial charge in [0.15, 0.2) is 6.61 Å². The lowest BCUT2D eigenvalue weighted by atomic mass is 10.1. The van der Waals surface area contributed by atoms with Crippen molar-refractivity contribution < 1.29 is 28.6 Å².